The van der Waals surface area contributed by atoms with Crippen LogP contribution in [0.1, 0.15) is 25.7 Å². The zero-order valence-corrected chi connectivity index (χ0v) is 16.9. The molecule has 0 saturated carbocycles. The van der Waals surface area contributed by atoms with E-state index in [9.17, 15) is 9.59 Å². The molecule has 3 heterocycles. The molecule has 0 aliphatic carbocycles. The van der Waals surface area contributed by atoms with E-state index in [2.05, 4.69) is 34.5 Å². The SMILES string of the molecule is CN1CC(NC2CCN(c3ccc(N4CCN(C)C4=O)cc3)CC2)CCC1=O. The Balaban J connectivity index is 1.28. The molecule has 1 aromatic rings. The molecule has 152 valence electrons. The Morgan fingerprint density at radius 3 is 2.11 bits per heavy atom. The minimum absolute atomic E-state index is 0.0784. The van der Waals surface area contributed by atoms with E-state index in [0.717, 1.165) is 57.7 Å². The summed E-state index contributed by atoms with van der Waals surface area (Å²) in [6, 6.07) is 9.42. The highest BCUT2D eigenvalue weighted by atomic mass is 16.2. The molecule has 0 bridgehead atoms. The standard InChI is InChI=1S/C21H31N5O2/c1-23-13-14-26(21(23)28)19-6-4-18(5-7-19)25-11-9-16(10-12-25)22-17-3-8-20(27)24(2)15-17/h4-7,16-17,22H,3,8-15H2,1-2H3. The van der Waals surface area contributed by atoms with Gasteiger partial charge in [-0.3, -0.25) is 9.69 Å². The molecule has 3 fully saturated rings. The number of anilines is 2. The van der Waals surface area contributed by atoms with Gasteiger partial charge in [-0.2, -0.15) is 0 Å². The summed E-state index contributed by atoms with van der Waals surface area (Å²) < 4.78 is 0. The van der Waals surface area contributed by atoms with E-state index in [4.69, 9.17) is 0 Å². The number of carbonyl (C=O) groups excluding carboxylic acids is 2. The molecule has 0 radical (unpaired) electrons. The number of likely N-dealkylation sites (tertiary alicyclic amines) is 1. The van der Waals surface area contributed by atoms with Crippen molar-refractivity contribution in [1.29, 1.82) is 0 Å². The van der Waals surface area contributed by atoms with Crippen LogP contribution in [0.4, 0.5) is 16.2 Å². The Morgan fingerprint density at radius 1 is 0.821 bits per heavy atom. The predicted octanol–water partition coefficient (Wildman–Crippen LogP) is 1.74. The summed E-state index contributed by atoms with van der Waals surface area (Å²) in [5.74, 6) is 0.263. The lowest BCUT2D eigenvalue weighted by atomic mass is 9.99. The van der Waals surface area contributed by atoms with Gasteiger partial charge in [-0.15, -0.1) is 0 Å². The molecule has 1 unspecified atom stereocenters. The van der Waals surface area contributed by atoms with Gasteiger partial charge < -0.3 is 20.0 Å². The summed E-state index contributed by atoms with van der Waals surface area (Å²) in [6.45, 7) is 4.43. The van der Waals surface area contributed by atoms with Crippen LogP contribution in [0.2, 0.25) is 0 Å². The Morgan fingerprint density at radius 2 is 1.50 bits per heavy atom. The Bertz CT molecular complexity index is 714. The van der Waals surface area contributed by atoms with Gasteiger partial charge in [0.15, 0.2) is 0 Å². The highest BCUT2D eigenvalue weighted by Gasteiger charge is 2.28. The van der Waals surface area contributed by atoms with E-state index in [1.165, 1.54) is 5.69 Å². The predicted molar refractivity (Wildman–Crippen MR) is 111 cm³/mol. The fourth-order valence-corrected chi connectivity index (χ4v) is 4.52. The van der Waals surface area contributed by atoms with Gasteiger partial charge in [-0.05, 0) is 43.5 Å². The topological polar surface area (TPSA) is 59.1 Å². The van der Waals surface area contributed by atoms with Gasteiger partial charge in [-0.1, -0.05) is 0 Å². The number of urea groups is 1. The molecule has 7 nitrogen and oxygen atoms in total. The molecule has 7 heteroatoms. The van der Waals surface area contributed by atoms with Crippen molar-refractivity contribution in [2.24, 2.45) is 0 Å². The second-order valence-corrected chi connectivity index (χ2v) is 8.31. The van der Waals surface area contributed by atoms with Crippen molar-refractivity contribution in [1.82, 2.24) is 15.1 Å². The summed E-state index contributed by atoms with van der Waals surface area (Å²) in [5, 5.41) is 3.77. The molecule has 3 saturated heterocycles. The maximum atomic E-state index is 12.1. The first-order valence-corrected chi connectivity index (χ1v) is 10.4. The smallest absolute Gasteiger partial charge is 0.324 e. The van der Waals surface area contributed by atoms with Gasteiger partial charge in [0, 0.05) is 76.7 Å². The lowest BCUT2D eigenvalue weighted by Crippen LogP contribution is -2.52. The normalized spacial score (nSPS) is 24.4. The monoisotopic (exact) mass is 385 g/mol. The van der Waals surface area contributed by atoms with E-state index >= 15 is 0 Å². The first-order chi connectivity index (χ1) is 13.5. The van der Waals surface area contributed by atoms with Crippen molar-refractivity contribution < 1.29 is 9.59 Å². The number of nitrogens with zero attached hydrogens (tertiary/aromatic N) is 4. The van der Waals surface area contributed by atoms with Crippen LogP contribution in [0.5, 0.6) is 0 Å². The maximum Gasteiger partial charge on any atom is 0.324 e. The summed E-state index contributed by atoms with van der Waals surface area (Å²) >= 11 is 0. The van der Waals surface area contributed by atoms with Crippen molar-refractivity contribution >= 4 is 23.3 Å². The molecule has 1 aromatic carbocycles. The number of hydrogen-bond donors (Lipinski definition) is 1. The van der Waals surface area contributed by atoms with Crippen LogP contribution in [0.15, 0.2) is 24.3 Å². The first kappa shape index (κ1) is 19.1. The molecule has 3 aliphatic heterocycles. The number of hydrogen-bond acceptors (Lipinski definition) is 4. The molecule has 3 aliphatic rings. The molecule has 0 aromatic heterocycles. The average molecular weight is 386 g/mol. The van der Waals surface area contributed by atoms with Crippen LogP contribution in [-0.2, 0) is 4.79 Å². The van der Waals surface area contributed by atoms with Crippen molar-refractivity contribution in [2.75, 3.05) is 56.6 Å². The second-order valence-electron chi connectivity index (χ2n) is 8.31. The Kier molecular flexibility index (Phi) is 5.44. The largest absolute Gasteiger partial charge is 0.371 e. The Hall–Kier alpha value is -2.28. The summed E-state index contributed by atoms with van der Waals surface area (Å²) in [5.41, 5.74) is 2.20. The molecular formula is C21H31N5O2. The van der Waals surface area contributed by atoms with Gasteiger partial charge >= 0.3 is 6.03 Å². The summed E-state index contributed by atoms with van der Waals surface area (Å²) in [7, 11) is 3.74. The summed E-state index contributed by atoms with van der Waals surface area (Å²) in [6.07, 6.45) is 3.85. The van der Waals surface area contributed by atoms with Crippen LogP contribution >= 0.6 is 0 Å². The van der Waals surface area contributed by atoms with Crippen molar-refractivity contribution in [2.45, 2.75) is 37.8 Å². The number of nitrogens with one attached hydrogen (secondary N) is 1. The van der Waals surface area contributed by atoms with Crippen molar-refractivity contribution in [3.8, 4) is 0 Å². The third-order valence-corrected chi connectivity index (χ3v) is 6.34. The average Bonchev–Trinajstić information content (AvgIpc) is 3.04. The maximum absolute atomic E-state index is 12.1. The zero-order valence-electron chi connectivity index (χ0n) is 16.9. The van der Waals surface area contributed by atoms with E-state index in [1.807, 2.05) is 23.9 Å². The van der Waals surface area contributed by atoms with Crippen molar-refractivity contribution in [3.05, 3.63) is 24.3 Å². The Labute approximate surface area is 167 Å². The lowest BCUT2D eigenvalue weighted by Gasteiger charge is -2.38. The zero-order chi connectivity index (χ0) is 19.7. The molecular weight excluding hydrogens is 354 g/mol. The molecule has 1 N–H and O–H groups in total. The minimum atomic E-state index is 0.0784. The van der Waals surface area contributed by atoms with Gasteiger partial charge in [0.25, 0.3) is 0 Å². The van der Waals surface area contributed by atoms with Crippen LogP contribution in [0.3, 0.4) is 0 Å². The van der Waals surface area contributed by atoms with E-state index in [-0.39, 0.29) is 11.9 Å². The number of carbonyl (C=O) groups is 2. The van der Waals surface area contributed by atoms with Crippen LogP contribution in [0.25, 0.3) is 0 Å². The first-order valence-electron chi connectivity index (χ1n) is 10.4. The highest BCUT2D eigenvalue weighted by molar-refractivity contribution is 5.94. The number of piperidine rings is 2. The molecule has 4 rings (SSSR count). The van der Waals surface area contributed by atoms with E-state index < -0.39 is 0 Å². The second kappa shape index (κ2) is 7.99. The third-order valence-electron chi connectivity index (χ3n) is 6.34. The van der Waals surface area contributed by atoms with Crippen LogP contribution < -0.4 is 15.1 Å². The minimum Gasteiger partial charge on any atom is -0.371 e. The molecule has 0 spiro atoms. The quantitative estimate of drug-likeness (QED) is 0.858. The number of rotatable bonds is 4. The fourth-order valence-electron chi connectivity index (χ4n) is 4.52. The summed E-state index contributed by atoms with van der Waals surface area (Å²) in [4.78, 5) is 31.7. The van der Waals surface area contributed by atoms with Crippen LogP contribution in [0, 0.1) is 0 Å². The fraction of sp³-hybridized carbons (Fsp3) is 0.619. The van der Waals surface area contributed by atoms with Gasteiger partial charge in [0.05, 0.1) is 0 Å². The van der Waals surface area contributed by atoms with Crippen molar-refractivity contribution in [3.63, 3.8) is 0 Å². The lowest BCUT2D eigenvalue weighted by molar-refractivity contribution is -0.132. The van der Waals surface area contributed by atoms with Crippen LogP contribution in [-0.4, -0.2) is 80.6 Å². The van der Waals surface area contributed by atoms with Gasteiger partial charge in [-0.25, -0.2) is 4.79 Å². The van der Waals surface area contributed by atoms with E-state index in [0.29, 0.717) is 18.5 Å². The molecule has 3 amide bonds. The highest BCUT2D eigenvalue weighted by Crippen LogP contribution is 2.26. The van der Waals surface area contributed by atoms with Gasteiger partial charge in [0.1, 0.15) is 0 Å². The molecule has 28 heavy (non-hydrogen) atoms. The number of benzene rings is 1. The molecule has 1 atom stereocenters. The third kappa shape index (κ3) is 3.94. The van der Waals surface area contributed by atoms with E-state index in [1.54, 1.807) is 4.90 Å². The number of amides is 3. The van der Waals surface area contributed by atoms with Gasteiger partial charge in [0.2, 0.25) is 5.91 Å². The number of likely N-dealkylation sites (N-methyl/N-ethyl adjacent to an activating group) is 2.